The van der Waals surface area contributed by atoms with E-state index in [0.29, 0.717) is 6.61 Å². The molecule has 0 rings (SSSR count). The Morgan fingerprint density at radius 1 is 0.821 bits per heavy atom. The van der Waals surface area contributed by atoms with Gasteiger partial charge in [0, 0.05) is 6.26 Å². The van der Waals surface area contributed by atoms with E-state index in [2.05, 4.69) is 46.8 Å². The second-order valence-corrected chi connectivity index (χ2v) is 7.42. The van der Waals surface area contributed by atoms with E-state index in [1.165, 1.54) is 35.8 Å². The van der Waals surface area contributed by atoms with Gasteiger partial charge < -0.3 is 0 Å². The molecule has 0 N–H and O–H groups in total. The molecule has 1 unspecified atom stereocenters. The minimum Gasteiger partial charge on any atom is -0.287 e. The van der Waals surface area contributed by atoms with Gasteiger partial charge in [-0.25, -0.2) is 4.21 Å². The van der Waals surface area contributed by atoms with Crippen LogP contribution < -0.4 is 0 Å². The van der Waals surface area contributed by atoms with Crippen molar-refractivity contribution >= 4 is 11.1 Å². The summed E-state index contributed by atoms with van der Waals surface area (Å²) in [5.41, 5.74) is 4.17. The van der Waals surface area contributed by atoms with Gasteiger partial charge in [0.2, 0.25) is 0 Å². The molecule has 28 heavy (non-hydrogen) atoms. The monoisotopic (exact) mass is 412 g/mol. The smallest absolute Gasteiger partial charge is 0.152 e. The van der Waals surface area contributed by atoms with Gasteiger partial charge in [0.25, 0.3) is 0 Å². The van der Waals surface area contributed by atoms with Crippen LogP contribution in [0.2, 0.25) is 0 Å². The van der Waals surface area contributed by atoms with Crippen molar-refractivity contribution in [2.45, 2.75) is 88.5 Å². The van der Waals surface area contributed by atoms with Crippen molar-refractivity contribution in [1.82, 2.24) is 0 Å². The lowest BCUT2D eigenvalue weighted by Gasteiger charge is -1.95. The van der Waals surface area contributed by atoms with Gasteiger partial charge >= 0.3 is 0 Å². The van der Waals surface area contributed by atoms with E-state index in [-0.39, 0.29) is 0 Å². The zero-order valence-electron chi connectivity index (χ0n) is 20.6. The number of hydrogen-bond acceptors (Lipinski definition) is 2. The lowest BCUT2D eigenvalue weighted by Crippen LogP contribution is -1.93. The molecular formula is C25H48O2S. The Morgan fingerprint density at radius 3 is 1.57 bits per heavy atom. The maximum Gasteiger partial charge on any atom is 0.152 e. The van der Waals surface area contributed by atoms with Crippen molar-refractivity contribution < 1.29 is 8.39 Å². The lowest BCUT2D eigenvalue weighted by atomic mass is 10.1. The molecule has 1 atom stereocenters. The topological polar surface area (TPSA) is 26.3 Å². The third-order valence-electron chi connectivity index (χ3n) is 3.47. The number of rotatable bonds is 7. The molecule has 0 saturated carbocycles. The predicted octanol–water partition coefficient (Wildman–Crippen LogP) is 8.52. The zero-order valence-corrected chi connectivity index (χ0v) is 21.4. The Bertz CT molecular complexity index is 459. The molecule has 0 spiro atoms. The molecule has 0 aliphatic heterocycles. The third-order valence-corrected chi connectivity index (χ3v) is 3.94. The van der Waals surface area contributed by atoms with E-state index in [1.54, 1.807) is 0 Å². The summed E-state index contributed by atoms with van der Waals surface area (Å²) in [4.78, 5) is 0. The van der Waals surface area contributed by atoms with Gasteiger partial charge in [0.05, 0.1) is 6.61 Å². The van der Waals surface area contributed by atoms with Crippen LogP contribution in [-0.2, 0) is 15.3 Å². The Labute approximate surface area is 180 Å². The van der Waals surface area contributed by atoms with Gasteiger partial charge in [-0.15, -0.1) is 0 Å². The number of allylic oxidation sites excluding steroid dienone is 9. The largest absolute Gasteiger partial charge is 0.287 e. The molecule has 0 aliphatic rings. The van der Waals surface area contributed by atoms with Gasteiger partial charge in [-0.3, -0.25) is 4.18 Å². The SMILES string of the molecule is C/C=C(\C)CCC=C(C)C.C/C=C/C.C/C=C\C.CC/C(C)=C/COS(C)=O. The molecule has 166 valence electrons. The first-order valence-electron chi connectivity index (χ1n) is 10.2. The molecule has 0 aromatic carbocycles. The molecular weight excluding hydrogens is 364 g/mol. The summed E-state index contributed by atoms with van der Waals surface area (Å²) in [5, 5.41) is 0. The maximum atomic E-state index is 10.4. The van der Waals surface area contributed by atoms with Gasteiger partial charge in [-0.05, 0) is 81.6 Å². The van der Waals surface area contributed by atoms with Gasteiger partial charge in [-0.2, -0.15) is 0 Å². The first-order valence-corrected chi connectivity index (χ1v) is 11.7. The van der Waals surface area contributed by atoms with E-state index in [0.717, 1.165) is 6.42 Å². The molecule has 0 aromatic heterocycles. The fourth-order valence-corrected chi connectivity index (χ4v) is 1.41. The maximum absolute atomic E-state index is 10.4. The first-order chi connectivity index (χ1) is 13.2. The second-order valence-electron chi connectivity index (χ2n) is 6.38. The van der Waals surface area contributed by atoms with Gasteiger partial charge in [-0.1, -0.05) is 66.2 Å². The molecule has 0 radical (unpaired) electrons. The Balaban J connectivity index is -0.000000150. The summed E-state index contributed by atoms with van der Waals surface area (Å²) in [5.74, 6) is 0. The van der Waals surface area contributed by atoms with E-state index >= 15 is 0 Å². The van der Waals surface area contributed by atoms with Crippen LogP contribution in [0.25, 0.3) is 0 Å². The van der Waals surface area contributed by atoms with Crippen molar-refractivity contribution in [3.8, 4) is 0 Å². The summed E-state index contributed by atoms with van der Waals surface area (Å²) in [6.07, 6.45) is 19.4. The molecule has 3 heteroatoms. The van der Waals surface area contributed by atoms with Crippen LogP contribution in [0.4, 0.5) is 0 Å². The van der Waals surface area contributed by atoms with E-state index in [9.17, 15) is 4.21 Å². The normalized spacial score (nSPS) is 12.2. The second kappa shape index (κ2) is 30.5. The van der Waals surface area contributed by atoms with Crippen LogP contribution in [0.5, 0.6) is 0 Å². The molecule has 0 aromatic rings. The van der Waals surface area contributed by atoms with Crippen LogP contribution in [0.1, 0.15) is 88.5 Å². The molecule has 0 fully saturated rings. The van der Waals surface area contributed by atoms with Crippen molar-refractivity contribution in [2.75, 3.05) is 12.9 Å². The van der Waals surface area contributed by atoms with Crippen LogP contribution >= 0.6 is 0 Å². The van der Waals surface area contributed by atoms with Crippen molar-refractivity contribution in [3.63, 3.8) is 0 Å². The Morgan fingerprint density at radius 2 is 1.29 bits per heavy atom. The standard InChI is InChI=1S/C10H18.C7H14O2S.2C4H8/c1-5-10(4)8-6-7-9(2)3;1-4-7(2)5-6-9-10(3)8;2*1-3-4-2/h5,7H,6,8H2,1-4H3;5H,4,6H2,1-3H3;2*3-4H,1-2H3/b10-5+;7-5+;4-3+;4-3-. The highest BCUT2D eigenvalue weighted by atomic mass is 32.2. The average Bonchev–Trinajstić information content (AvgIpc) is 2.67. The van der Waals surface area contributed by atoms with Crippen molar-refractivity contribution in [1.29, 1.82) is 0 Å². The van der Waals surface area contributed by atoms with Gasteiger partial charge in [0.15, 0.2) is 11.1 Å². The molecule has 0 saturated heterocycles. The lowest BCUT2D eigenvalue weighted by molar-refractivity contribution is 0.397. The molecule has 0 amide bonds. The summed E-state index contributed by atoms with van der Waals surface area (Å²) in [6.45, 7) is 21.1. The fourth-order valence-electron chi connectivity index (χ4n) is 1.15. The third kappa shape index (κ3) is 49.8. The molecule has 0 aliphatic carbocycles. The first kappa shape index (κ1) is 34.3. The van der Waals surface area contributed by atoms with Crippen LogP contribution in [0, 0.1) is 0 Å². The molecule has 0 heterocycles. The quantitative estimate of drug-likeness (QED) is 0.392. The Hall–Kier alpha value is -1.19. The van der Waals surface area contributed by atoms with Crippen molar-refractivity contribution in [2.24, 2.45) is 0 Å². The number of hydrogen-bond donors (Lipinski definition) is 0. The highest BCUT2D eigenvalue weighted by molar-refractivity contribution is 7.79. The fraction of sp³-hybridized carbons (Fsp3) is 0.600. The Kier molecular flexibility index (Phi) is 37.4. The minimum atomic E-state index is -1.13. The van der Waals surface area contributed by atoms with E-state index in [4.69, 9.17) is 4.18 Å². The average molecular weight is 413 g/mol. The van der Waals surface area contributed by atoms with Crippen molar-refractivity contribution in [3.05, 3.63) is 59.3 Å². The zero-order chi connectivity index (χ0) is 22.8. The van der Waals surface area contributed by atoms with Crippen LogP contribution in [0.15, 0.2) is 59.3 Å². The highest BCUT2D eigenvalue weighted by Crippen LogP contribution is 2.05. The molecule has 2 nitrogen and oxygen atoms in total. The summed E-state index contributed by atoms with van der Waals surface area (Å²) in [7, 11) is 0. The highest BCUT2D eigenvalue weighted by Gasteiger charge is 1.87. The summed E-state index contributed by atoms with van der Waals surface area (Å²) in [6, 6.07) is 0. The van der Waals surface area contributed by atoms with E-state index in [1.807, 2.05) is 65.0 Å². The predicted molar refractivity (Wildman–Crippen MR) is 133 cm³/mol. The van der Waals surface area contributed by atoms with E-state index < -0.39 is 11.1 Å². The van der Waals surface area contributed by atoms with Gasteiger partial charge in [0.1, 0.15) is 0 Å². The summed E-state index contributed by atoms with van der Waals surface area (Å²) < 4.78 is 15.2. The van der Waals surface area contributed by atoms with Crippen LogP contribution in [0.3, 0.4) is 0 Å². The van der Waals surface area contributed by atoms with Crippen LogP contribution in [-0.4, -0.2) is 17.1 Å². The molecule has 0 bridgehead atoms. The minimum absolute atomic E-state index is 0.461. The summed E-state index contributed by atoms with van der Waals surface area (Å²) >= 11 is -1.13.